The van der Waals surface area contributed by atoms with Crippen LogP contribution in [0.5, 0.6) is 0 Å². The Balaban J connectivity index is 1.72. The van der Waals surface area contributed by atoms with Crippen LogP contribution >= 0.6 is 0 Å². The van der Waals surface area contributed by atoms with Gasteiger partial charge in [0.2, 0.25) is 0 Å². The number of piperazine rings is 1. The molecule has 4 nitrogen and oxygen atoms in total. The zero-order valence-corrected chi connectivity index (χ0v) is 16.5. The number of nitrogens with one attached hydrogen (secondary N) is 1. The van der Waals surface area contributed by atoms with Gasteiger partial charge >= 0.3 is 6.09 Å². The molecule has 4 heteroatoms. The third-order valence-corrected chi connectivity index (χ3v) is 4.77. The molecule has 1 N–H and O–H groups in total. The monoisotopic (exact) mass is 366 g/mol. The Hall–Kier alpha value is -2.33. The van der Waals surface area contributed by atoms with Crippen molar-refractivity contribution in [2.24, 2.45) is 0 Å². The summed E-state index contributed by atoms with van der Waals surface area (Å²) in [6.45, 7) is 7.18. The summed E-state index contributed by atoms with van der Waals surface area (Å²) in [5.41, 5.74) is 2.02. The van der Waals surface area contributed by atoms with E-state index in [-0.39, 0.29) is 18.2 Å². The largest absolute Gasteiger partial charge is 0.444 e. The molecule has 2 atom stereocenters. The third-order valence-electron chi connectivity index (χ3n) is 4.77. The van der Waals surface area contributed by atoms with Gasteiger partial charge in [-0.15, -0.1) is 0 Å². The van der Waals surface area contributed by atoms with Crippen LogP contribution in [0.15, 0.2) is 60.7 Å². The first-order chi connectivity index (χ1) is 12.9. The predicted octanol–water partition coefficient (Wildman–Crippen LogP) is 4.05. The molecule has 1 heterocycles. The molecule has 144 valence electrons. The second kappa shape index (κ2) is 8.57. The smallest absolute Gasteiger partial charge is 0.410 e. The van der Waals surface area contributed by atoms with Crippen LogP contribution in [-0.4, -0.2) is 41.8 Å². The van der Waals surface area contributed by atoms with Crippen LogP contribution < -0.4 is 5.32 Å². The maximum Gasteiger partial charge on any atom is 0.410 e. The van der Waals surface area contributed by atoms with E-state index in [0.29, 0.717) is 6.54 Å². The van der Waals surface area contributed by atoms with Crippen LogP contribution in [-0.2, 0) is 17.6 Å². The topological polar surface area (TPSA) is 41.6 Å². The molecule has 3 rings (SSSR count). The second-order valence-corrected chi connectivity index (χ2v) is 8.27. The summed E-state index contributed by atoms with van der Waals surface area (Å²) in [4.78, 5) is 14.8. The molecule has 1 amide bonds. The van der Waals surface area contributed by atoms with Crippen LogP contribution in [0, 0.1) is 0 Å². The number of hydrogen-bond acceptors (Lipinski definition) is 3. The Morgan fingerprint density at radius 2 is 1.56 bits per heavy atom. The maximum atomic E-state index is 12.9. The summed E-state index contributed by atoms with van der Waals surface area (Å²) in [5.74, 6) is 0. The molecule has 0 saturated carbocycles. The average Bonchev–Trinajstić information content (AvgIpc) is 2.63. The van der Waals surface area contributed by atoms with Crippen molar-refractivity contribution in [3.05, 3.63) is 71.8 Å². The fourth-order valence-electron chi connectivity index (χ4n) is 3.51. The van der Waals surface area contributed by atoms with Gasteiger partial charge in [-0.05, 0) is 44.7 Å². The first-order valence-electron chi connectivity index (χ1n) is 9.71. The fraction of sp³-hybridized carbons (Fsp3) is 0.435. The van der Waals surface area contributed by atoms with Crippen LogP contribution in [0.25, 0.3) is 0 Å². The molecule has 0 aromatic heterocycles. The Bertz CT molecular complexity index is 725. The van der Waals surface area contributed by atoms with Crippen molar-refractivity contribution in [1.82, 2.24) is 10.2 Å². The molecule has 0 aliphatic carbocycles. The number of hydrogen-bond donors (Lipinski definition) is 1. The Morgan fingerprint density at radius 1 is 1.00 bits per heavy atom. The first-order valence-corrected chi connectivity index (χ1v) is 9.71. The van der Waals surface area contributed by atoms with Gasteiger partial charge in [0.1, 0.15) is 5.60 Å². The Kier molecular flexibility index (Phi) is 6.17. The molecule has 0 radical (unpaired) electrons. The van der Waals surface area contributed by atoms with Gasteiger partial charge in [0.05, 0.1) is 6.04 Å². The molecule has 1 unspecified atom stereocenters. The van der Waals surface area contributed by atoms with E-state index >= 15 is 0 Å². The summed E-state index contributed by atoms with van der Waals surface area (Å²) < 4.78 is 5.70. The molecule has 1 aliphatic heterocycles. The van der Waals surface area contributed by atoms with Gasteiger partial charge < -0.3 is 15.0 Å². The molecule has 1 saturated heterocycles. The van der Waals surface area contributed by atoms with Crippen LogP contribution in [0.2, 0.25) is 0 Å². The third kappa shape index (κ3) is 5.83. The van der Waals surface area contributed by atoms with E-state index in [9.17, 15) is 4.79 Å². The lowest BCUT2D eigenvalue weighted by Crippen LogP contribution is -2.60. The van der Waals surface area contributed by atoms with Gasteiger partial charge in [-0.1, -0.05) is 60.7 Å². The molecule has 1 fully saturated rings. The summed E-state index contributed by atoms with van der Waals surface area (Å²) in [5, 5.41) is 3.64. The minimum atomic E-state index is -0.492. The van der Waals surface area contributed by atoms with E-state index < -0.39 is 5.60 Å². The lowest BCUT2D eigenvalue weighted by Gasteiger charge is -2.41. The van der Waals surface area contributed by atoms with Crippen LogP contribution in [0.1, 0.15) is 31.9 Å². The highest BCUT2D eigenvalue weighted by molar-refractivity contribution is 5.69. The summed E-state index contributed by atoms with van der Waals surface area (Å²) in [6, 6.07) is 21.1. The second-order valence-electron chi connectivity index (χ2n) is 8.27. The summed E-state index contributed by atoms with van der Waals surface area (Å²) >= 11 is 0. The van der Waals surface area contributed by atoms with E-state index in [1.807, 2.05) is 49.9 Å². The highest BCUT2D eigenvalue weighted by Gasteiger charge is 2.34. The van der Waals surface area contributed by atoms with Gasteiger partial charge in [0, 0.05) is 19.1 Å². The normalized spacial score (nSPS) is 20.3. The number of benzene rings is 2. The number of carbonyl (C=O) groups excluding carboxylic acids is 1. The Morgan fingerprint density at radius 3 is 2.11 bits per heavy atom. The summed E-state index contributed by atoms with van der Waals surface area (Å²) in [6.07, 6.45) is 1.51. The molecule has 0 bridgehead atoms. The quantitative estimate of drug-likeness (QED) is 0.888. The number of nitrogens with zero attached hydrogens (tertiary/aromatic N) is 1. The SMILES string of the molecule is CC(C)(C)OC(=O)N1CC(Cc2ccccc2)NC[C@@H]1Cc1ccccc1. The zero-order chi connectivity index (χ0) is 19.3. The van der Waals surface area contributed by atoms with Crippen molar-refractivity contribution >= 4 is 6.09 Å². The van der Waals surface area contributed by atoms with Crippen molar-refractivity contribution in [1.29, 1.82) is 0 Å². The number of carbonyl (C=O) groups is 1. The standard InChI is InChI=1S/C23H30N2O2/c1-23(2,3)27-22(26)25-17-20(14-18-10-6-4-7-11-18)24-16-21(25)15-19-12-8-5-9-13-19/h4-13,20-21,24H,14-17H2,1-3H3/t20?,21-/m0/s1. The summed E-state index contributed by atoms with van der Waals surface area (Å²) in [7, 11) is 0. The number of amides is 1. The molecule has 1 aliphatic rings. The van der Waals surface area contributed by atoms with Gasteiger partial charge in [-0.3, -0.25) is 0 Å². The maximum absolute atomic E-state index is 12.9. The first kappa shape index (κ1) is 19.4. The molecule has 2 aromatic carbocycles. The number of rotatable bonds is 4. The fourth-order valence-corrected chi connectivity index (χ4v) is 3.51. The zero-order valence-electron chi connectivity index (χ0n) is 16.5. The van der Waals surface area contributed by atoms with Gasteiger partial charge in [-0.25, -0.2) is 4.79 Å². The van der Waals surface area contributed by atoms with E-state index in [1.165, 1.54) is 11.1 Å². The average molecular weight is 367 g/mol. The number of ether oxygens (including phenoxy) is 1. The molecule has 2 aromatic rings. The van der Waals surface area contributed by atoms with Crippen LogP contribution in [0.4, 0.5) is 4.79 Å². The van der Waals surface area contributed by atoms with Crippen LogP contribution in [0.3, 0.4) is 0 Å². The molecular weight excluding hydrogens is 336 g/mol. The van der Waals surface area contributed by atoms with Crippen molar-refractivity contribution in [3.8, 4) is 0 Å². The Labute approximate surface area is 162 Å². The van der Waals surface area contributed by atoms with E-state index in [1.54, 1.807) is 0 Å². The van der Waals surface area contributed by atoms with Crippen molar-refractivity contribution in [2.45, 2.75) is 51.3 Å². The van der Waals surface area contributed by atoms with Crippen molar-refractivity contribution in [2.75, 3.05) is 13.1 Å². The van der Waals surface area contributed by atoms with E-state index in [4.69, 9.17) is 4.74 Å². The van der Waals surface area contributed by atoms with Crippen molar-refractivity contribution in [3.63, 3.8) is 0 Å². The minimum absolute atomic E-state index is 0.0919. The van der Waals surface area contributed by atoms with Crippen molar-refractivity contribution < 1.29 is 9.53 Å². The lowest BCUT2D eigenvalue weighted by molar-refractivity contribution is 0.00751. The predicted molar refractivity (Wildman–Crippen MR) is 109 cm³/mol. The highest BCUT2D eigenvalue weighted by Crippen LogP contribution is 2.19. The van der Waals surface area contributed by atoms with E-state index in [2.05, 4.69) is 41.7 Å². The van der Waals surface area contributed by atoms with E-state index in [0.717, 1.165) is 19.4 Å². The van der Waals surface area contributed by atoms with Gasteiger partial charge in [-0.2, -0.15) is 0 Å². The van der Waals surface area contributed by atoms with Gasteiger partial charge in [0.25, 0.3) is 0 Å². The minimum Gasteiger partial charge on any atom is -0.444 e. The molecular formula is C23H30N2O2. The molecule has 0 spiro atoms. The molecule has 27 heavy (non-hydrogen) atoms. The van der Waals surface area contributed by atoms with Gasteiger partial charge in [0.15, 0.2) is 0 Å². The lowest BCUT2D eigenvalue weighted by atomic mass is 9.98. The highest BCUT2D eigenvalue weighted by atomic mass is 16.6.